The highest BCUT2D eigenvalue weighted by molar-refractivity contribution is 5.94. The summed E-state index contributed by atoms with van der Waals surface area (Å²) < 4.78 is 0. The number of aliphatic hydroxyl groups excluding tert-OH is 1. The molecule has 10 nitrogen and oxygen atoms in total. The van der Waals surface area contributed by atoms with E-state index in [4.69, 9.17) is 6.42 Å². The molecular formula is C29H27N5O5. The number of hydrogen-bond acceptors (Lipinski definition) is 7. The number of fused-ring (bicyclic) bond motifs is 1. The van der Waals surface area contributed by atoms with Crippen molar-refractivity contribution in [2.24, 2.45) is 0 Å². The second-order valence-corrected chi connectivity index (χ2v) is 9.11. The number of aromatic nitrogens is 2. The first-order chi connectivity index (χ1) is 18.7. The number of rotatable bonds is 9. The highest BCUT2D eigenvalue weighted by Crippen LogP contribution is 2.23. The first kappa shape index (κ1) is 27.0. The lowest BCUT2D eigenvalue weighted by Crippen LogP contribution is -2.31. The van der Waals surface area contributed by atoms with Gasteiger partial charge in [0.05, 0.1) is 35.0 Å². The van der Waals surface area contributed by atoms with E-state index in [0.29, 0.717) is 40.9 Å². The van der Waals surface area contributed by atoms with Crippen LogP contribution in [0.5, 0.6) is 0 Å². The molecule has 4 aromatic rings. The lowest BCUT2D eigenvalue weighted by atomic mass is 10.0. The number of aliphatic hydroxyl groups is 1. The summed E-state index contributed by atoms with van der Waals surface area (Å²) in [5.41, 5.74) is 3.72. The largest absolute Gasteiger partial charge is 0.394 e. The second kappa shape index (κ2) is 11.6. The molecule has 1 aromatic heterocycles. The summed E-state index contributed by atoms with van der Waals surface area (Å²) in [4.78, 5) is 45.0. The van der Waals surface area contributed by atoms with Crippen molar-refractivity contribution in [3.8, 4) is 12.3 Å². The van der Waals surface area contributed by atoms with Crippen LogP contribution in [0.3, 0.4) is 0 Å². The molecule has 0 radical (unpaired) electrons. The van der Waals surface area contributed by atoms with Crippen molar-refractivity contribution < 1.29 is 14.8 Å². The van der Waals surface area contributed by atoms with Gasteiger partial charge in [0.2, 0.25) is 0 Å². The number of hydrogen-bond donors (Lipinski definition) is 3. The molecule has 0 bridgehead atoms. The van der Waals surface area contributed by atoms with Crippen molar-refractivity contribution in [2.45, 2.75) is 26.4 Å². The number of anilines is 1. The SMILES string of the molecule is C#CCN(Cc1cc2c(=O)[nH]c(C)nc2cc1C)c1ccc(C(=O)NC(CO)c2cccc([N+](=O)[O-])c2)cc1. The smallest absolute Gasteiger partial charge is 0.269 e. The number of amides is 1. The molecule has 3 aromatic carbocycles. The Balaban J connectivity index is 1.53. The topological polar surface area (TPSA) is 141 Å². The highest BCUT2D eigenvalue weighted by atomic mass is 16.6. The molecule has 1 unspecified atom stereocenters. The molecule has 1 heterocycles. The van der Waals surface area contributed by atoms with Gasteiger partial charge in [0.15, 0.2) is 0 Å². The van der Waals surface area contributed by atoms with Gasteiger partial charge in [-0.25, -0.2) is 4.98 Å². The summed E-state index contributed by atoms with van der Waals surface area (Å²) in [5.74, 6) is 2.76. The lowest BCUT2D eigenvalue weighted by molar-refractivity contribution is -0.384. The van der Waals surface area contributed by atoms with Gasteiger partial charge >= 0.3 is 0 Å². The number of H-pyrrole nitrogens is 1. The first-order valence-electron chi connectivity index (χ1n) is 12.1. The minimum Gasteiger partial charge on any atom is -0.394 e. The zero-order valence-electron chi connectivity index (χ0n) is 21.5. The van der Waals surface area contributed by atoms with Crippen LogP contribution < -0.4 is 15.8 Å². The molecule has 0 fully saturated rings. The Kier molecular flexibility index (Phi) is 8.03. The summed E-state index contributed by atoms with van der Waals surface area (Å²) in [6, 6.07) is 15.5. The number of benzene rings is 3. The molecule has 0 aliphatic heterocycles. The predicted molar refractivity (Wildman–Crippen MR) is 149 cm³/mol. The van der Waals surface area contributed by atoms with Gasteiger partial charge in [0.1, 0.15) is 5.82 Å². The summed E-state index contributed by atoms with van der Waals surface area (Å²) >= 11 is 0. The van der Waals surface area contributed by atoms with E-state index in [1.54, 1.807) is 37.3 Å². The molecule has 0 aliphatic rings. The van der Waals surface area contributed by atoms with Gasteiger partial charge in [-0.1, -0.05) is 18.1 Å². The summed E-state index contributed by atoms with van der Waals surface area (Å²) in [6.07, 6.45) is 5.64. The van der Waals surface area contributed by atoms with Crippen LogP contribution in [0.2, 0.25) is 0 Å². The van der Waals surface area contributed by atoms with Crippen molar-refractivity contribution in [3.05, 3.63) is 109 Å². The third-order valence-electron chi connectivity index (χ3n) is 6.39. The fourth-order valence-electron chi connectivity index (χ4n) is 4.33. The van der Waals surface area contributed by atoms with E-state index in [0.717, 1.165) is 16.8 Å². The standard InChI is InChI=1S/C29H27N5O5/c1-4-12-33(16-22-15-25-26(13-18(22)2)30-19(3)31-29(25)37)23-10-8-20(9-11-23)28(36)32-27(17-35)21-6-5-7-24(14-21)34(38)39/h1,5-11,13-15,27,35H,12,16-17H2,2-3H3,(H,32,36)(H,30,31,37). The molecule has 0 spiro atoms. The zero-order valence-corrected chi connectivity index (χ0v) is 21.5. The van der Waals surface area contributed by atoms with Crippen LogP contribution in [0, 0.1) is 36.3 Å². The number of terminal acetylenes is 1. The van der Waals surface area contributed by atoms with Crippen molar-refractivity contribution >= 4 is 28.2 Å². The number of nitro benzene ring substituents is 1. The molecule has 198 valence electrons. The Labute approximate surface area is 224 Å². The Morgan fingerprint density at radius 1 is 1.21 bits per heavy atom. The third-order valence-corrected chi connectivity index (χ3v) is 6.39. The van der Waals surface area contributed by atoms with Gasteiger partial charge in [-0.2, -0.15) is 0 Å². The van der Waals surface area contributed by atoms with Crippen LogP contribution >= 0.6 is 0 Å². The van der Waals surface area contributed by atoms with Gasteiger partial charge in [-0.3, -0.25) is 19.7 Å². The van der Waals surface area contributed by atoms with Gasteiger partial charge in [-0.15, -0.1) is 6.42 Å². The van der Waals surface area contributed by atoms with Gasteiger partial charge in [0, 0.05) is 29.9 Å². The van der Waals surface area contributed by atoms with Gasteiger partial charge < -0.3 is 20.3 Å². The van der Waals surface area contributed by atoms with E-state index < -0.39 is 23.5 Å². The average molecular weight is 526 g/mol. The number of nitro groups is 1. The van der Waals surface area contributed by atoms with E-state index in [1.807, 2.05) is 24.0 Å². The van der Waals surface area contributed by atoms with Gasteiger partial charge in [-0.05, 0) is 66.9 Å². The fraction of sp³-hybridized carbons (Fsp3) is 0.207. The van der Waals surface area contributed by atoms with Crippen molar-refractivity contribution in [1.29, 1.82) is 0 Å². The Morgan fingerprint density at radius 3 is 2.62 bits per heavy atom. The number of non-ortho nitro benzene ring substituents is 1. The Bertz CT molecular complexity index is 1640. The van der Waals surface area contributed by atoms with E-state index in [2.05, 4.69) is 21.2 Å². The molecule has 39 heavy (non-hydrogen) atoms. The molecular weight excluding hydrogens is 498 g/mol. The van der Waals surface area contributed by atoms with Gasteiger partial charge in [0.25, 0.3) is 17.2 Å². The summed E-state index contributed by atoms with van der Waals surface area (Å²) in [6.45, 7) is 3.99. The van der Waals surface area contributed by atoms with E-state index in [1.165, 1.54) is 18.2 Å². The molecule has 10 heteroatoms. The number of carbonyl (C=O) groups excluding carboxylic acids is 1. The lowest BCUT2D eigenvalue weighted by Gasteiger charge is -2.24. The summed E-state index contributed by atoms with van der Waals surface area (Å²) in [5, 5.41) is 24.1. The van der Waals surface area contributed by atoms with E-state index in [9.17, 15) is 24.8 Å². The number of carbonyl (C=O) groups is 1. The normalized spacial score (nSPS) is 11.5. The van der Waals surface area contributed by atoms with Crippen LogP contribution in [0.1, 0.15) is 38.9 Å². The van der Waals surface area contributed by atoms with Crippen LogP contribution in [-0.2, 0) is 6.54 Å². The monoisotopic (exact) mass is 525 g/mol. The Hall–Kier alpha value is -5.01. The number of aromatic amines is 1. The average Bonchev–Trinajstić information content (AvgIpc) is 2.92. The molecule has 0 aliphatic carbocycles. The maximum atomic E-state index is 12.9. The van der Waals surface area contributed by atoms with Crippen LogP contribution in [-0.4, -0.2) is 39.1 Å². The second-order valence-electron chi connectivity index (χ2n) is 9.11. The first-order valence-corrected chi connectivity index (χ1v) is 12.1. The quantitative estimate of drug-likeness (QED) is 0.172. The Morgan fingerprint density at radius 2 is 1.95 bits per heavy atom. The van der Waals surface area contributed by atoms with Crippen LogP contribution in [0.25, 0.3) is 10.9 Å². The minimum atomic E-state index is -0.813. The number of nitrogens with zero attached hydrogens (tertiary/aromatic N) is 3. The van der Waals surface area contributed by atoms with E-state index >= 15 is 0 Å². The molecule has 1 atom stereocenters. The molecule has 4 rings (SSSR count). The summed E-state index contributed by atoms with van der Waals surface area (Å²) in [7, 11) is 0. The third kappa shape index (κ3) is 6.11. The minimum absolute atomic E-state index is 0.129. The highest BCUT2D eigenvalue weighted by Gasteiger charge is 2.18. The van der Waals surface area contributed by atoms with Crippen LogP contribution in [0.4, 0.5) is 11.4 Å². The maximum absolute atomic E-state index is 12.9. The van der Waals surface area contributed by atoms with E-state index in [-0.39, 0.29) is 11.2 Å². The van der Waals surface area contributed by atoms with Crippen molar-refractivity contribution in [2.75, 3.05) is 18.1 Å². The molecule has 0 saturated heterocycles. The molecule has 0 saturated carbocycles. The predicted octanol–water partition coefficient (Wildman–Crippen LogP) is 3.55. The van der Waals surface area contributed by atoms with Crippen molar-refractivity contribution in [3.63, 3.8) is 0 Å². The number of aryl methyl sites for hydroxylation is 2. The van der Waals surface area contributed by atoms with Crippen molar-refractivity contribution in [1.82, 2.24) is 15.3 Å². The molecule has 3 N–H and O–H groups in total. The molecule has 1 amide bonds. The fourth-order valence-corrected chi connectivity index (χ4v) is 4.33. The number of nitrogens with one attached hydrogen (secondary N) is 2. The van der Waals surface area contributed by atoms with Crippen LogP contribution in [0.15, 0.2) is 65.5 Å². The maximum Gasteiger partial charge on any atom is 0.269 e. The zero-order chi connectivity index (χ0) is 28.1.